The van der Waals surface area contributed by atoms with Crippen LogP contribution in [-0.2, 0) is 0 Å². The molecule has 0 radical (unpaired) electrons. The number of halogens is 2. The molecule has 0 saturated carbocycles. The van der Waals surface area contributed by atoms with E-state index in [0.717, 1.165) is 26.7 Å². The Hall–Kier alpha value is -2.37. The Balaban J connectivity index is 2.04. The van der Waals surface area contributed by atoms with E-state index in [-0.39, 0.29) is 5.82 Å². The highest BCUT2D eigenvalue weighted by atomic mass is 79.9. The van der Waals surface area contributed by atoms with Crippen LogP contribution in [0.3, 0.4) is 0 Å². The van der Waals surface area contributed by atoms with Crippen LogP contribution in [0.5, 0.6) is 0 Å². The van der Waals surface area contributed by atoms with Crippen LogP contribution >= 0.6 is 15.9 Å². The van der Waals surface area contributed by atoms with Crippen LogP contribution in [0.1, 0.15) is 16.7 Å². The molecule has 0 saturated heterocycles. The smallest absolute Gasteiger partial charge is 0.126 e. The predicted molar refractivity (Wildman–Crippen MR) is 96.7 cm³/mol. The van der Waals surface area contributed by atoms with Gasteiger partial charge in [0.05, 0.1) is 0 Å². The van der Waals surface area contributed by atoms with Crippen molar-refractivity contribution in [2.45, 2.75) is 6.92 Å². The van der Waals surface area contributed by atoms with Crippen molar-refractivity contribution in [2.24, 2.45) is 0 Å². The van der Waals surface area contributed by atoms with E-state index in [4.69, 9.17) is 0 Å². The van der Waals surface area contributed by atoms with Gasteiger partial charge in [-0.2, -0.15) is 0 Å². The summed E-state index contributed by atoms with van der Waals surface area (Å²) in [4.78, 5) is 0. The number of benzene rings is 3. The third kappa shape index (κ3) is 3.52. The zero-order chi connectivity index (χ0) is 16.2. The zero-order valence-electron chi connectivity index (χ0n) is 12.6. The van der Waals surface area contributed by atoms with E-state index in [2.05, 4.69) is 39.9 Å². The number of rotatable bonds is 1. The summed E-state index contributed by atoms with van der Waals surface area (Å²) in [5.74, 6) is 6.13. The summed E-state index contributed by atoms with van der Waals surface area (Å²) < 4.78 is 14.4. The maximum absolute atomic E-state index is 13.3. The third-order valence-electron chi connectivity index (χ3n) is 3.59. The molecular formula is C21H14BrF. The highest BCUT2D eigenvalue weighted by Crippen LogP contribution is 2.30. The summed E-state index contributed by atoms with van der Waals surface area (Å²) >= 11 is 3.59. The van der Waals surface area contributed by atoms with E-state index in [1.54, 1.807) is 19.1 Å². The monoisotopic (exact) mass is 364 g/mol. The van der Waals surface area contributed by atoms with E-state index in [1.807, 2.05) is 36.4 Å². The van der Waals surface area contributed by atoms with Crippen LogP contribution in [0.15, 0.2) is 71.2 Å². The van der Waals surface area contributed by atoms with Gasteiger partial charge in [-0.05, 0) is 53.9 Å². The molecule has 0 atom stereocenters. The van der Waals surface area contributed by atoms with Crippen molar-refractivity contribution < 1.29 is 4.39 Å². The fourth-order valence-corrected chi connectivity index (χ4v) is 2.87. The second kappa shape index (κ2) is 6.81. The molecule has 3 aromatic carbocycles. The Morgan fingerprint density at radius 1 is 0.826 bits per heavy atom. The van der Waals surface area contributed by atoms with Gasteiger partial charge in [-0.15, -0.1) is 0 Å². The summed E-state index contributed by atoms with van der Waals surface area (Å²) in [5.41, 5.74) is 4.54. The van der Waals surface area contributed by atoms with E-state index in [0.29, 0.717) is 5.56 Å². The molecule has 0 aliphatic heterocycles. The molecule has 3 aromatic rings. The lowest BCUT2D eigenvalue weighted by Gasteiger charge is -2.07. The molecule has 112 valence electrons. The number of hydrogen-bond acceptors (Lipinski definition) is 0. The summed E-state index contributed by atoms with van der Waals surface area (Å²) in [5, 5.41) is 0. The second-order valence-electron chi connectivity index (χ2n) is 5.24. The Kier molecular flexibility index (Phi) is 4.60. The SMILES string of the molecule is Cc1cc(C#Cc2ccccc2-c2ccccc2Br)ccc1F. The standard InChI is InChI=1S/C21H14BrF/c1-15-14-16(11-13-21(15)23)10-12-17-6-2-3-7-18(17)19-8-4-5-9-20(19)22/h2-9,11,13-14H,1H3. The minimum atomic E-state index is -0.204. The van der Waals surface area contributed by atoms with Gasteiger partial charge >= 0.3 is 0 Å². The molecule has 0 amide bonds. The second-order valence-corrected chi connectivity index (χ2v) is 6.09. The van der Waals surface area contributed by atoms with Crippen molar-refractivity contribution in [1.29, 1.82) is 0 Å². The highest BCUT2D eigenvalue weighted by Gasteiger charge is 2.05. The highest BCUT2D eigenvalue weighted by molar-refractivity contribution is 9.10. The number of aryl methyl sites for hydroxylation is 1. The Morgan fingerprint density at radius 2 is 1.52 bits per heavy atom. The third-order valence-corrected chi connectivity index (χ3v) is 4.28. The molecule has 0 spiro atoms. The Bertz CT molecular complexity index is 916. The molecule has 0 heterocycles. The van der Waals surface area contributed by atoms with Crippen LogP contribution in [-0.4, -0.2) is 0 Å². The largest absolute Gasteiger partial charge is 0.207 e. The van der Waals surface area contributed by atoms with Gasteiger partial charge in [-0.25, -0.2) is 4.39 Å². The van der Waals surface area contributed by atoms with Gasteiger partial charge in [0.25, 0.3) is 0 Å². The normalized spacial score (nSPS) is 10.0. The van der Waals surface area contributed by atoms with Crippen molar-refractivity contribution in [1.82, 2.24) is 0 Å². The average Bonchev–Trinajstić information content (AvgIpc) is 2.57. The van der Waals surface area contributed by atoms with Gasteiger partial charge in [0.2, 0.25) is 0 Å². The molecule has 0 aliphatic carbocycles. The van der Waals surface area contributed by atoms with Gasteiger partial charge in [-0.3, -0.25) is 0 Å². The molecule has 0 aliphatic rings. The Labute approximate surface area is 144 Å². The molecule has 0 nitrogen and oxygen atoms in total. The topological polar surface area (TPSA) is 0 Å². The molecule has 2 heteroatoms. The zero-order valence-corrected chi connectivity index (χ0v) is 14.2. The fraction of sp³-hybridized carbons (Fsp3) is 0.0476. The molecule has 0 N–H and O–H groups in total. The van der Waals surface area contributed by atoms with Gasteiger partial charge < -0.3 is 0 Å². The quantitative estimate of drug-likeness (QED) is 0.467. The van der Waals surface area contributed by atoms with Crippen molar-refractivity contribution in [3.8, 4) is 23.0 Å². The molecule has 3 rings (SSSR count). The van der Waals surface area contributed by atoms with Gasteiger partial charge in [-0.1, -0.05) is 64.2 Å². The first kappa shape index (κ1) is 15.5. The van der Waals surface area contributed by atoms with Crippen LogP contribution in [0.25, 0.3) is 11.1 Å². The van der Waals surface area contributed by atoms with E-state index in [9.17, 15) is 4.39 Å². The molecule has 0 unspecified atom stereocenters. The van der Waals surface area contributed by atoms with Crippen LogP contribution in [0.4, 0.5) is 4.39 Å². The van der Waals surface area contributed by atoms with Crippen molar-refractivity contribution in [3.63, 3.8) is 0 Å². The van der Waals surface area contributed by atoms with Gasteiger partial charge in [0, 0.05) is 15.6 Å². The molecule has 0 aromatic heterocycles. The lowest BCUT2D eigenvalue weighted by Crippen LogP contribution is -1.86. The summed E-state index contributed by atoms with van der Waals surface area (Å²) in [6, 6.07) is 21.0. The fourth-order valence-electron chi connectivity index (χ4n) is 2.37. The predicted octanol–water partition coefficient (Wildman–Crippen LogP) is 5.96. The minimum absolute atomic E-state index is 0.204. The van der Waals surface area contributed by atoms with Crippen LogP contribution in [0.2, 0.25) is 0 Å². The van der Waals surface area contributed by atoms with Crippen LogP contribution in [0, 0.1) is 24.6 Å². The van der Waals surface area contributed by atoms with E-state index < -0.39 is 0 Å². The summed E-state index contributed by atoms with van der Waals surface area (Å²) in [6.45, 7) is 1.75. The molecule has 23 heavy (non-hydrogen) atoms. The molecule has 0 fully saturated rings. The summed E-state index contributed by atoms with van der Waals surface area (Å²) in [6.07, 6.45) is 0. The average molecular weight is 365 g/mol. The van der Waals surface area contributed by atoms with Crippen molar-refractivity contribution >= 4 is 15.9 Å². The minimum Gasteiger partial charge on any atom is -0.207 e. The van der Waals surface area contributed by atoms with E-state index in [1.165, 1.54) is 6.07 Å². The summed E-state index contributed by atoms with van der Waals surface area (Å²) in [7, 11) is 0. The number of hydrogen-bond donors (Lipinski definition) is 0. The maximum Gasteiger partial charge on any atom is 0.126 e. The van der Waals surface area contributed by atoms with Crippen molar-refractivity contribution in [2.75, 3.05) is 0 Å². The first-order valence-electron chi connectivity index (χ1n) is 7.27. The lowest BCUT2D eigenvalue weighted by atomic mass is 10.00. The van der Waals surface area contributed by atoms with E-state index >= 15 is 0 Å². The molecular weight excluding hydrogens is 351 g/mol. The van der Waals surface area contributed by atoms with Gasteiger partial charge in [0.15, 0.2) is 0 Å². The molecule has 0 bridgehead atoms. The Morgan fingerprint density at radius 3 is 2.26 bits per heavy atom. The van der Waals surface area contributed by atoms with Crippen molar-refractivity contribution in [3.05, 3.63) is 93.7 Å². The van der Waals surface area contributed by atoms with Gasteiger partial charge in [0.1, 0.15) is 5.82 Å². The first-order chi connectivity index (χ1) is 11.1. The van der Waals surface area contributed by atoms with Crippen LogP contribution < -0.4 is 0 Å². The first-order valence-corrected chi connectivity index (χ1v) is 8.06. The maximum atomic E-state index is 13.3. The lowest BCUT2D eigenvalue weighted by molar-refractivity contribution is 0.618.